The highest BCUT2D eigenvalue weighted by atomic mass is 16.1. The zero-order valence-corrected chi connectivity index (χ0v) is 13.0. The quantitative estimate of drug-likeness (QED) is 0.864. The van der Waals surface area contributed by atoms with Gasteiger partial charge in [-0.05, 0) is 62.4 Å². The van der Waals surface area contributed by atoms with Crippen LogP contribution in [-0.4, -0.2) is 18.2 Å². The second-order valence-electron chi connectivity index (χ2n) is 5.65. The molecule has 0 unspecified atom stereocenters. The van der Waals surface area contributed by atoms with Gasteiger partial charge in [0.1, 0.15) is 0 Å². The molecule has 0 radical (unpaired) electrons. The Kier molecular flexibility index (Phi) is 4.41. The predicted octanol–water partition coefficient (Wildman–Crippen LogP) is 2.89. The van der Waals surface area contributed by atoms with E-state index in [0.29, 0.717) is 6.54 Å². The van der Waals surface area contributed by atoms with Crippen LogP contribution in [0.25, 0.3) is 5.57 Å². The van der Waals surface area contributed by atoms with E-state index in [4.69, 9.17) is 0 Å². The molecule has 0 spiro atoms. The van der Waals surface area contributed by atoms with Crippen LogP contribution < -0.4 is 5.32 Å². The summed E-state index contributed by atoms with van der Waals surface area (Å²) in [6.07, 6.45) is 3.98. The highest BCUT2D eigenvalue weighted by molar-refractivity contribution is 6.22. The fourth-order valence-corrected chi connectivity index (χ4v) is 2.64. The van der Waals surface area contributed by atoms with Crippen LogP contribution in [0.4, 0.5) is 0 Å². The molecule has 0 bridgehead atoms. The summed E-state index contributed by atoms with van der Waals surface area (Å²) in [5.74, 6) is -0.0836. The second kappa shape index (κ2) is 6.08. The first-order valence-electron chi connectivity index (χ1n) is 7.15. The van der Waals surface area contributed by atoms with Gasteiger partial charge in [-0.15, -0.1) is 0 Å². The van der Waals surface area contributed by atoms with Gasteiger partial charge < -0.3 is 5.32 Å². The van der Waals surface area contributed by atoms with E-state index in [9.17, 15) is 9.59 Å². The summed E-state index contributed by atoms with van der Waals surface area (Å²) in [7, 11) is 0. The van der Waals surface area contributed by atoms with E-state index >= 15 is 0 Å². The van der Waals surface area contributed by atoms with Crippen LogP contribution in [-0.2, 0) is 16.0 Å². The van der Waals surface area contributed by atoms with Crippen LogP contribution in [0.1, 0.15) is 36.1 Å². The summed E-state index contributed by atoms with van der Waals surface area (Å²) in [4.78, 5) is 23.2. The maximum atomic E-state index is 12.4. The Balaban J connectivity index is 2.18. The third-order valence-corrected chi connectivity index (χ3v) is 3.83. The lowest BCUT2D eigenvalue weighted by atomic mass is 9.98. The number of carbonyl (C=O) groups excluding carboxylic acids is 2. The van der Waals surface area contributed by atoms with E-state index in [2.05, 4.69) is 31.3 Å². The van der Waals surface area contributed by atoms with Crippen molar-refractivity contribution in [3.63, 3.8) is 0 Å². The van der Waals surface area contributed by atoms with Gasteiger partial charge in [-0.25, -0.2) is 0 Å². The van der Waals surface area contributed by atoms with Gasteiger partial charge in [0.2, 0.25) is 0 Å². The molecule has 21 heavy (non-hydrogen) atoms. The fourth-order valence-electron chi connectivity index (χ4n) is 2.64. The van der Waals surface area contributed by atoms with Crippen molar-refractivity contribution in [2.75, 3.05) is 6.54 Å². The number of benzene rings is 1. The lowest BCUT2D eigenvalue weighted by Gasteiger charge is -2.09. The molecule has 2 rings (SSSR count). The number of ketones is 1. The van der Waals surface area contributed by atoms with Crippen molar-refractivity contribution in [1.29, 1.82) is 0 Å². The molecule has 1 aliphatic rings. The van der Waals surface area contributed by atoms with Gasteiger partial charge in [0.05, 0.1) is 0 Å². The van der Waals surface area contributed by atoms with Crippen molar-refractivity contribution in [3.05, 3.63) is 52.1 Å². The minimum atomic E-state index is -0.0669. The number of rotatable bonds is 4. The molecule has 3 heteroatoms. The van der Waals surface area contributed by atoms with Crippen molar-refractivity contribution in [2.24, 2.45) is 0 Å². The number of allylic oxidation sites excluding steroid dienone is 2. The number of hydrogen-bond acceptors (Lipinski definition) is 2. The molecule has 0 saturated carbocycles. The number of amides is 1. The van der Waals surface area contributed by atoms with Gasteiger partial charge >= 0.3 is 0 Å². The Labute approximate surface area is 125 Å². The van der Waals surface area contributed by atoms with Gasteiger partial charge in [-0.2, -0.15) is 0 Å². The monoisotopic (exact) mass is 283 g/mol. The molecule has 1 aromatic carbocycles. The maximum Gasteiger partial charge on any atom is 0.252 e. The molecule has 1 aromatic rings. The van der Waals surface area contributed by atoms with Gasteiger partial charge in [0, 0.05) is 12.1 Å². The first-order valence-corrected chi connectivity index (χ1v) is 7.15. The normalized spacial score (nSPS) is 13.7. The molecule has 0 atom stereocenters. The zero-order chi connectivity index (χ0) is 15.6. The minimum Gasteiger partial charge on any atom is -0.349 e. The summed E-state index contributed by atoms with van der Waals surface area (Å²) in [5.41, 5.74) is 6.61. The van der Waals surface area contributed by atoms with E-state index in [1.807, 2.05) is 6.92 Å². The van der Waals surface area contributed by atoms with E-state index < -0.39 is 0 Å². The first-order chi connectivity index (χ1) is 9.90. The first kappa shape index (κ1) is 15.2. The molecule has 1 amide bonds. The molecular weight excluding hydrogens is 262 g/mol. The summed E-state index contributed by atoms with van der Waals surface area (Å²) in [6, 6.07) is 4.27. The highest BCUT2D eigenvalue weighted by Gasteiger charge is 2.24. The van der Waals surface area contributed by atoms with Crippen LogP contribution >= 0.6 is 0 Å². The standard InChI is InChI=1S/C18H21NO2/c1-11-8-15-9-13(3)17(16(15)10-12(11)2)18(21)19-7-5-6-14(4)20/h5-6,8,10H,7,9H2,1-4H3,(H,19,21)/b6-5+. The van der Waals surface area contributed by atoms with E-state index in [0.717, 1.165) is 23.1 Å². The Hall–Kier alpha value is -2.16. The van der Waals surface area contributed by atoms with E-state index in [-0.39, 0.29) is 11.7 Å². The largest absolute Gasteiger partial charge is 0.349 e. The molecule has 0 aliphatic heterocycles. The molecule has 0 aromatic heterocycles. The lowest BCUT2D eigenvalue weighted by molar-refractivity contribution is -0.115. The van der Waals surface area contributed by atoms with Crippen molar-refractivity contribution in [1.82, 2.24) is 5.32 Å². The third-order valence-electron chi connectivity index (χ3n) is 3.83. The Morgan fingerprint density at radius 1 is 1.19 bits per heavy atom. The van der Waals surface area contributed by atoms with Crippen molar-refractivity contribution >= 4 is 17.3 Å². The van der Waals surface area contributed by atoms with E-state index in [1.54, 1.807) is 6.08 Å². The van der Waals surface area contributed by atoms with Crippen LogP contribution in [0.3, 0.4) is 0 Å². The number of nitrogens with one attached hydrogen (secondary N) is 1. The molecule has 3 nitrogen and oxygen atoms in total. The summed E-state index contributed by atoms with van der Waals surface area (Å²) >= 11 is 0. The molecule has 0 fully saturated rings. The van der Waals surface area contributed by atoms with Gasteiger partial charge in [0.15, 0.2) is 5.78 Å². The SMILES string of the molecule is CC(=O)/C=C/CNC(=O)C1=C(C)Cc2cc(C)c(C)cc21. The predicted molar refractivity (Wildman–Crippen MR) is 85.0 cm³/mol. The van der Waals surface area contributed by atoms with Crippen molar-refractivity contribution in [2.45, 2.75) is 34.1 Å². The topological polar surface area (TPSA) is 46.2 Å². The average molecular weight is 283 g/mol. The minimum absolute atomic E-state index is 0.0167. The number of hydrogen-bond donors (Lipinski definition) is 1. The molecule has 0 saturated heterocycles. The van der Waals surface area contributed by atoms with Crippen LogP contribution in [0.15, 0.2) is 29.9 Å². The maximum absolute atomic E-state index is 12.4. The number of aryl methyl sites for hydroxylation is 2. The fraction of sp³-hybridized carbons (Fsp3) is 0.333. The highest BCUT2D eigenvalue weighted by Crippen LogP contribution is 2.34. The van der Waals surface area contributed by atoms with Gasteiger partial charge in [-0.3, -0.25) is 9.59 Å². The average Bonchev–Trinajstić information content (AvgIpc) is 2.70. The van der Waals surface area contributed by atoms with Crippen LogP contribution in [0, 0.1) is 13.8 Å². The summed E-state index contributed by atoms with van der Waals surface area (Å²) < 4.78 is 0. The zero-order valence-electron chi connectivity index (χ0n) is 13.0. The Bertz CT molecular complexity index is 666. The number of fused-ring (bicyclic) bond motifs is 1. The number of carbonyl (C=O) groups is 2. The molecule has 1 N–H and O–H groups in total. The van der Waals surface area contributed by atoms with Gasteiger partial charge in [0.25, 0.3) is 5.91 Å². The second-order valence-corrected chi connectivity index (χ2v) is 5.65. The Morgan fingerprint density at radius 2 is 1.86 bits per heavy atom. The Morgan fingerprint density at radius 3 is 2.52 bits per heavy atom. The summed E-state index contributed by atoms with van der Waals surface area (Å²) in [6.45, 7) is 8.02. The third kappa shape index (κ3) is 3.30. The summed E-state index contributed by atoms with van der Waals surface area (Å²) in [5, 5.41) is 2.85. The molecule has 110 valence electrons. The molecular formula is C18H21NO2. The van der Waals surface area contributed by atoms with Crippen molar-refractivity contribution < 1.29 is 9.59 Å². The smallest absolute Gasteiger partial charge is 0.252 e. The van der Waals surface area contributed by atoms with Crippen LogP contribution in [0.5, 0.6) is 0 Å². The van der Waals surface area contributed by atoms with Crippen LogP contribution in [0.2, 0.25) is 0 Å². The van der Waals surface area contributed by atoms with E-state index in [1.165, 1.54) is 29.7 Å². The van der Waals surface area contributed by atoms with Gasteiger partial charge in [-0.1, -0.05) is 23.8 Å². The van der Waals surface area contributed by atoms with Crippen molar-refractivity contribution in [3.8, 4) is 0 Å². The lowest BCUT2D eigenvalue weighted by Crippen LogP contribution is -2.24. The molecule has 0 heterocycles. The molecule has 1 aliphatic carbocycles.